The molecular formula is C14H17BrFN3. The molecule has 0 amide bonds. The lowest BCUT2D eigenvalue weighted by atomic mass is 9.87. The van der Waals surface area contributed by atoms with Crippen LogP contribution in [0.5, 0.6) is 0 Å². The average Bonchev–Trinajstić information content (AvgIpc) is 2.65. The SMILES string of the molecule is CC1CCCC(n2c(N)nc3cc(Br)c(F)cc32)C1. The molecule has 102 valence electrons. The van der Waals surface area contributed by atoms with E-state index in [-0.39, 0.29) is 5.82 Å². The summed E-state index contributed by atoms with van der Waals surface area (Å²) in [6, 6.07) is 3.57. The third-order valence-corrected chi connectivity index (χ3v) is 4.64. The topological polar surface area (TPSA) is 43.8 Å². The minimum Gasteiger partial charge on any atom is -0.369 e. The quantitative estimate of drug-likeness (QED) is 0.850. The Morgan fingerprint density at radius 3 is 2.95 bits per heavy atom. The van der Waals surface area contributed by atoms with Gasteiger partial charge in [-0.15, -0.1) is 0 Å². The number of benzene rings is 1. The van der Waals surface area contributed by atoms with E-state index in [0.717, 1.165) is 23.9 Å². The predicted molar refractivity (Wildman–Crippen MR) is 78.5 cm³/mol. The van der Waals surface area contributed by atoms with E-state index in [4.69, 9.17) is 5.73 Å². The Kier molecular flexibility index (Phi) is 3.25. The van der Waals surface area contributed by atoms with Gasteiger partial charge in [0.05, 0.1) is 15.5 Å². The molecule has 1 saturated carbocycles. The van der Waals surface area contributed by atoms with Gasteiger partial charge in [-0.2, -0.15) is 0 Å². The molecule has 0 spiro atoms. The van der Waals surface area contributed by atoms with Gasteiger partial charge < -0.3 is 10.3 Å². The maximum Gasteiger partial charge on any atom is 0.201 e. The molecule has 1 aromatic carbocycles. The van der Waals surface area contributed by atoms with E-state index in [1.165, 1.54) is 18.9 Å². The van der Waals surface area contributed by atoms with E-state index in [2.05, 4.69) is 27.8 Å². The van der Waals surface area contributed by atoms with Crippen molar-refractivity contribution in [1.82, 2.24) is 9.55 Å². The highest BCUT2D eigenvalue weighted by Gasteiger charge is 2.24. The zero-order valence-electron chi connectivity index (χ0n) is 10.9. The summed E-state index contributed by atoms with van der Waals surface area (Å²) in [7, 11) is 0. The molecule has 0 saturated heterocycles. The number of rotatable bonds is 1. The first kappa shape index (κ1) is 12.9. The molecule has 0 radical (unpaired) electrons. The van der Waals surface area contributed by atoms with Crippen molar-refractivity contribution in [3.05, 3.63) is 22.4 Å². The standard InChI is InChI=1S/C14H17BrFN3/c1-8-3-2-4-9(5-8)19-13-7-11(16)10(15)6-12(13)18-14(19)17/h6-9H,2-5H2,1H3,(H2,17,18). The third kappa shape index (κ3) is 2.24. The minimum absolute atomic E-state index is 0.266. The molecule has 3 nitrogen and oxygen atoms in total. The summed E-state index contributed by atoms with van der Waals surface area (Å²) in [5, 5.41) is 0. The van der Waals surface area contributed by atoms with Crippen molar-refractivity contribution in [3.63, 3.8) is 0 Å². The highest BCUT2D eigenvalue weighted by molar-refractivity contribution is 9.10. The number of hydrogen-bond donors (Lipinski definition) is 1. The van der Waals surface area contributed by atoms with E-state index in [9.17, 15) is 4.39 Å². The van der Waals surface area contributed by atoms with Crippen molar-refractivity contribution in [2.24, 2.45) is 5.92 Å². The second kappa shape index (κ2) is 4.78. The van der Waals surface area contributed by atoms with Gasteiger partial charge in [-0.25, -0.2) is 9.37 Å². The molecule has 1 fully saturated rings. The van der Waals surface area contributed by atoms with Crippen LogP contribution in [0, 0.1) is 11.7 Å². The summed E-state index contributed by atoms with van der Waals surface area (Å²) in [6.07, 6.45) is 4.65. The maximum absolute atomic E-state index is 13.8. The average molecular weight is 326 g/mol. The zero-order valence-corrected chi connectivity index (χ0v) is 12.5. The summed E-state index contributed by atoms with van der Waals surface area (Å²) in [5.74, 6) is 0.917. The fourth-order valence-corrected chi connectivity index (χ4v) is 3.46. The van der Waals surface area contributed by atoms with E-state index < -0.39 is 0 Å². The van der Waals surface area contributed by atoms with Gasteiger partial charge in [0.25, 0.3) is 0 Å². The van der Waals surface area contributed by atoms with Crippen LogP contribution in [0.3, 0.4) is 0 Å². The van der Waals surface area contributed by atoms with Gasteiger partial charge in [-0.3, -0.25) is 0 Å². The van der Waals surface area contributed by atoms with E-state index >= 15 is 0 Å². The molecular weight excluding hydrogens is 309 g/mol. The minimum atomic E-state index is -0.266. The monoisotopic (exact) mass is 325 g/mol. The molecule has 1 heterocycles. The fraction of sp³-hybridized carbons (Fsp3) is 0.500. The Labute approximate surface area is 120 Å². The molecule has 2 aromatic rings. The molecule has 0 aliphatic heterocycles. The largest absolute Gasteiger partial charge is 0.369 e. The van der Waals surface area contributed by atoms with Gasteiger partial charge in [-0.05, 0) is 40.8 Å². The number of hydrogen-bond acceptors (Lipinski definition) is 2. The molecule has 19 heavy (non-hydrogen) atoms. The Bertz CT molecular complexity index is 623. The number of nitrogen functional groups attached to an aromatic ring is 1. The summed E-state index contributed by atoms with van der Waals surface area (Å²) in [4.78, 5) is 4.36. The summed E-state index contributed by atoms with van der Waals surface area (Å²) in [5.41, 5.74) is 7.60. The Balaban J connectivity index is 2.12. The lowest BCUT2D eigenvalue weighted by Crippen LogP contribution is -2.19. The van der Waals surface area contributed by atoms with Crippen LogP contribution in [0.4, 0.5) is 10.3 Å². The second-order valence-corrected chi connectivity index (χ2v) is 6.37. The van der Waals surface area contributed by atoms with Gasteiger partial charge in [-0.1, -0.05) is 19.8 Å². The summed E-state index contributed by atoms with van der Waals surface area (Å²) >= 11 is 3.19. The smallest absolute Gasteiger partial charge is 0.201 e. The van der Waals surface area contributed by atoms with Gasteiger partial charge >= 0.3 is 0 Å². The molecule has 3 rings (SSSR count). The second-order valence-electron chi connectivity index (χ2n) is 5.52. The first-order valence-electron chi connectivity index (χ1n) is 6.68. The van der Waals surface area contributed by atoms with Crippen LogP contribution in [0.25, 0.3) is 11.0 Å². The third-order valence-electron chi connectivity index (χ3n) is 4.03. The number of fused-ring (bicyclic) bond motifs is 1. The lowest BCUT2D eigenvalue weighted by molar-refractivity contribution is 0.289. The number of aromatic nitrogens is 2. The molecule has 2 atom stereocenters. The van der Waals surface area contributed by atoms with E-state index in [1.807, 2.05) is 4.57 Å². The van der Waals surface area contributed by atoms with Crippen molar-refractivity contribution < 1.29 is 4.39 Å². The lowest BCUT2D eigenvalue weighted by Gasteiger charge is -2.28. The van der Waals surface area contributed by atoms with Crippen LogP contribution in [0.2, 0.25) is 0 Å². The van der Waals surface area contributed by atoms with Gasteiger partial charge in [0.15, 0.2) is 0 Å². The molecule has 2 unspecified atom stereocenters. The molecule has 1 aromatic heterocycles. The van der Waals surface area contributed by atoms with Crippen LogP contribution in [0.1, 0.15) is 38.6 Å². The molecule has 2 N–H and O–H groups in total. The van der Waals surface area contributed by atoms with Crippen LogP contribution >= 0.6 is 15.9 Å². The maximum atomic E-state index is 13.8. The van der Waals surface area contributed by atoms with Crippen LogP contribution in [-0.4, -0.2) is 9.55 Å². The van der Waals surface area contributed by atoms with Gasteiger partial charge in [0.1, 0.15) is 5.82 Å². The summed E-state index contributed by atoms with van der Waals surface area (Å²) < 4.78 is 16.2. The van der Waals surface area contributed by atoms with Gasteiger partial charge in [0.2, 0.25) is 5.95 Å². The Morgan fingerprint density at radius 1 is 1.42 bits per heavy atom. The van der Waals surface area contributed by atoms with Crippen molar-refractivity contribution in [2.45, 2.75) is 38.6 Å². The van der Waals surface area contributed by atoms with Crippen LogP contribution < -0.4 is 5.73 Å². The van der Waals surface area contributed by atoms with Crippen molar-refractivity contribution in [1.29, 1.82) is 0 Å². The van der Waals surface area contributed by atoms with Gasteiger partial charge in [0, 0.05) is 12.1 Å². The number of imidazole rings is 1. The van der Waals surface area contributed by atoms with Crippen molar-refractivity contribution in [2.75, 3.05) is 5.73 Å². The fourth-order valence-electron chi connectivity index (χ4n) is 3.13. The van der Waals surface area contributed by atoms with Crippen LogP contribution in [0.15, 0.2) is 16.6 Å². The molecule has 1 aliphatic carbocycles. The number of nitrogens with two attached hydrogens (primary N) is 1. The summed E-state index contributed by atoms with van der Waals surface area (Å²) in [6.45, 7) is 2.26. The molecule has 1 aliphatic rings. The first-order valence-corrected chi connectivity index (χ1v) is 7.48. The molecule has 5 heteroatoms. The van der Waals surface area contributed by atoms with Crippen molar-refractivity contribution >= 4 is 32.9 Å². The predicted octanol–water partition coefficient (Wildman–Crippen LogP) is 4.27. The normalized spacial score (nSPS) is 23.9. The van der Waals surface area contributed by atoms with E-state index in [1.54, 1.807) is 6.07 Å². The van der Waals surface area contributed by atoms with Crippen molar-refractivity contribution in [3.8, 4) is 0 Å². The number of nitrogens with zero attached hydrogens (tertiary/aromatic N) is 2. The Morgan fingerprint density at radius 2 is 2.21 bits per heavy atom. The molecule has 0 bridgehead atoms. The highest BCUT2D eigenvalue weighted by Crippen LogP contribution is 2.36. The van der Waals surface area contributed by atoms with Crippen LogP contribution in [-0.2, 0) is 0 Å². The highest BCUT2D eigenvalue weighted by atomic mass is 79.9. The Hall–Kier alpha value is -1.10. The number of halogens is 2. The number of anilines is 1. The first-order chi connectivity index (χ1) is 9.06. The zero-order chi connectivity index (χ0) is 13.6. The van der Waals surface area contributed by atoms with E-state index in [0.29, 0.717) is 22.4 Å².